The van der Waals surface area contributed by atoms with Crippen LogP contribution in [0.4, 0.5) is 0 Å². The molecule has 8 nitrogen and oxygen atoms in total. The molecule has 1 amide bonds. The molecule has 32 heavy (non-hydrogen) atoms. The number of hydrogen-bond acceptors (Lipinski definition) is 5. The second kappa shape index (κ2) is 8.12. The third-order valence-electron chi connectivity index (χ3n) is 6.36. The summed E-state index contributed by atoms with van der Waals surface area (Å²) in [5.74, 6) is 0.521. The second-order valence-corrected chi connectivity index (χ2v) is 8.09. The van der Waals surface area contributed by atoms with E-state index in [9.17, 15) is 9.59 Å². The lowest BCUT2D eigenvalue weighted by Gasteiger charge is -2.38. The van der Waals surface area contributed by atoms with Gasteiger partial charge in [-0.05, 0) is 42.7 Å². The van der Waals surface area contributed by atoms with Crippen LogP contribution >= 0.6 is 0 Å². The van der Waals surface area contributed by atoms with E-state index in [1.807, 2.05) is 24.3 Å². The molecule has 164 valence electrons. The highest BCUT2D eigenvalue weighted by atomic mass is 16.5. The van der Waals surface area contributed by atoms with Crippen molar-refractivity contribution in [3.63, 3.8) is 0 Å². The highest BCUT2D eigenvalue weighted by Gasteiger charge is 2.35. The molecule has 0 radical (unpaired) electrons. The summed E-state index contributed by atoms with van der Waals surface area (Å²) in [5, 5.41) is 7.96. The Morgan fingerprint density at radius 1 is 1.19 bits per heavy atom. The highest BCUT2D eigenvalue weighted by molar-refractivity contribution is 6.00. The number of H-pyrrole nitrogens is 1. The molecule has 0 bridgehead atoms. The average molecular weight is 432 g/mol. The van der Waals surface area contributed by atoms with Crippen molar-refractivity contribution >= 4 is 22.5 Å². The van der Waals surface area contributed by atoms with Gasteiger partial charge in [0.1, 0.15) is 17.0 Å². The van der Waals surface area contributed by atoms with E-state index in [0.717, 1.165) is 24.2 Å². The Labute approximate surface area is 184 Å². The fourth-order valence-electron chi connectivity index (χ4n) is 4.46. The first-order valence-corrected chi connectivity index (χ1v) is 10.6. The molecular formula is C24H24N4O4. The summed E-state index contributed by atoms with van der Waals surface area (Å²) in [6.07, 6.45) is 3.10. The molecule has 0 atom stereocenters. The lowest BCUT2D eigenvalue weighted by atomic mass is 9.74. The van der Waals surface area contributed by atoms with Crippen LogP contribution in [0.2, 0.25) is 0 Å². The first-order valence-electron chi connectivity index (χ1n) is 10.6. The molecular weight excluding hydrogens is 408 g/mol. The monoisotopic (exact) mass is 432 g/mol. The largest absolute Gasteiger partial charge is 0.497 e. The van der Waals surface area contributed by atoms with Crippen LogP contribution in [0, 0.1) is 0 Å². The number of fused-ring (bicyclic) bond motifs is 3. The zero-order valence-corrected chi connectivity index (χ0v) is 17.8. The number of methoxy groups -OCH3 is 1. The molecule has 4 aromatic rings. The first-order chi connectivity index (χ1) is 15.6. The van der Waals surface area contributed by atoms with Crippen LogP contribution in [0.25, 0.3) is 16.6 Å². The molecule has 2 N–H and O–H groups in total. The Bertz CT molecular complexity index is 1330. The molecule has 1 saturated heterocycles. The summed E-state index contributed by atoms with van der Waals surface area (Å²) in [5.41, 5.74) is 2.04. The Balaban J connectivity index is 1.45. The van der Waals surface area contributed by atoms with Crippen molar-refractivity contribution in [1.82, 2.24) is 19.9 Å². The van der Waals surface area contributed by atoms with Gasteiger partial charge >= 0.3 is 0 Å². The number of carbonyl (C=O) groups excluding carboxylic acids is 1. The van der Waals surface area contributed by atoms with E-state index in [0.29, 0.717) is 41.9 Å². The number of para-hydroxylation sites is 1. The van der Waals surface area contributed by atoms with Gasteiger partial charge in [0.25, 0.3) is 11.5 Å². The standard InChI is InChI=1S/C24H24N4O4/c1-31-17-8-6-16(7-9-17)24(10-12-32-13-11-24)15-25-22(29)19-14-26-28-20-5-3-2-4-18(20)23(30)27-21(19)28/h2-9,14H,10-13,15H2,1H3,(H,25,29)(H,27,30). The summed E-state index contributed by atoms with van der Waals surface area (Å²) in [4.78, 5) is 28.5. The number of amides is 1. The van der Waals surface area contributed by atoms with E-state index in [4.69, 9.17) is 9.47 Å². The van der Waals surface area contributed by atoms with E-state index in [-0.39, 0.29) is 16.9 Å². The number of benzene rings is 2. The zero-order chi connectivity index (χ0) is 22.1. The summed E-state index contributed by atoms with van der Waals surface area (Å²) < 4.78 is 12.5. The van der Waals surface area contributed by atoms with Gasteiger partial charge in [-0.25, -0.2) is 4.52 Å². The average Bonchev–Trinajstić information content (AvgIpc) is 3.27. The topological polar surface area (TPSA) is 97.7 Å². The third-order valence-corrected chi connectivity index (χ3v) is 6.36. The normalized spacial score (nSPS) is 15.7. The maximum atomic E-state index is 13.1. The number of nitrogens with zero attached hydrogens (tertiary/aromatic N) is 2. The maximum Gasteiger partial charge on any atom is 0.259 e. The van der Waals surface area contributed by atoms with Crippen LogP contribution in [0.1, 0.15) is 28.8 Å². The van der Waals surface area contributed by atoms with Crippen molar-refractivity contribution in [2.45, 2.75) is 18.3 Å². The first kappa shape index (κ1) is 20.3. The molecule has 8 heteroatoms. The van der Waals surface area contributed by atoms with E-state index < -0.39 is 0 Å². The lowest BCUT2D eigenvalue weighted by Crippen LogP contribution is -2.44. The van der Waals surface area contributed by atoms with E-state index in [1.54, 1.807) is 23.8 Å². The van der Waals surface area contributed by atoms with Crippen LogP contribution < -0.4 is 15.6 Å². The molecule has 2 aromatic carbocycles. The van der Waals surface area contributed by atoms with Crippen molar-refractivity contribution in [1.29, 1.82) is 0 Å². The molecule has 0 saturated carbocycles. The second-order valence-electron chi connectivity index (χ2n) is 8.09. The summed E-state index contributed by atoms with van der Waals surface area (Å²) >= 11 is 0. The number of carbonyl (C=O) groups is 1. The van der Waals surface area contributed by atoms with Crippen molar-refractivity contribution in [2.24, 2.45) is 0 Å². The van der Waals surface area contributed by atoms with Gasteiger partial charge in [0.15, 0.2) is 0 Å². The Hall–Kier alpha value is -3.65. The quantitative estimate of drug-likeness (QED) is 0.505. The molecule has 0 aliphatic carbocycles. The van der Waals surface area contributed by atoms with Gasteiger partial charge in [-0.3, -0.25) is 9.59 Å². The number of rotatable bonds is 5. The molecule has 0 spiro atoms. The highest BCUT2D eigenvalue weighted by Crippen LogP contribution is 2.35. The molecule has 3 heterocycles. The van der Waals surface area contributed by atoms with Gasteiger partial charge in [-0.2, -0.15) is 5.10 Å². The molecule has 1 aliphatic heterocycles. The van der Waals surface area contributed by atoms with Crippen LogP contribution in [0.3, 0.4) is 0 Å². The number of aromatic nitrogens is 3. The zero-order valence-electron chi connectivity index (χ0n) is 17.8. The number of nitrogens with one attached hydrogen (secondary N) is 2. The van der Waals surface area contributed by atoms with Crippen LogP contribution in [-0.2, 0) is 10.2 Å². The molecule has 0 unspecified atom stereocenters. The van der Waals surface area contributed by atoms with Crippen molar-refractivity contribution in [2.75, 3.05) is 26.9 Å². The van der Waals surface area contributed by atoms with E-state index in [1.165, 1.54) is 6.20 Å². The number of ether oxygens (including phenoxy) is 2. The van der Waals surface area contributed by atoms with E-state index in [2.05, 4.69) is 27.5 Å². The number of hydrogen-bond donors (Lipinski definition) is 2. The molecule has 2 aromatic heterocycles. The number of aromatic amines is 1. The predicted octanol–water partition coefficient (Wildman–Crippen LogP) is 2.66. The minimum atomic E-state index is -0.273. The fraction of sp³-hybridized carbons (Fsp3) is 0.292. The van der Waals surface area contributed by atoms with Gasteiger partial charge in [0.2, 0.25) is 0 Å². The van der Waals surface area contributed by atoms with E-state index >= 15 is 0 Å². The summed E-state index contributed by atoms with van der Waals surface area (Å²) in [6.45, 7) is 1.73. The van der Waals surface area contributed by atoms with Crippen molar-refractivity contribution < 1.29 is 14.3 Å². The van der Waals surface area contributed by atoms with Gasteiger partial charge in [0, 0.05) is 25.2 Å². The van der Waals surface area contributed by atoms with Gasteiger partial charge in [0.05, 0.1) is 24.2 Å². The van der Waals surface area contributed by atoms with Gasteiger partial charge < -0.3 is 19.8 Å². The minimum absolute atomic E-state index is 0.233. The third kappa shape index (κ3) is 3.42. The molecule has 1 aliphatic rings. The van der Waals surface area contributed by atoms with Gasteiger partial charge in [-0.1, -0.05) is 24.3 Å². The predicted molar refractivity (Wildman–Crippen MR) is 120 cm³/mol. The summed E-state index contributed by atoms with van der Waals surface area (Å²) in [6, 6.07) is 15.2. The molecule has 5 rings (SSSR count). The lowest BCUT2D eigenvalue weighted by molar-refractivity contribution is 0.0487. The Kier molecular flexibility index (Phi) is 5.14. The Morgan fingerprint density at radius 2 is 1.94 bits per heavy atom. The van der Waals surface area contributed by atoms with Crippen molar-refractivity contribution in [3.05, 3.63) is 76.2 Å². The Morgan fingerprint density at radius 3 is 2.69 bits per heavy atom. The van der Waals surface area contributed by atoms with Crippen molar-refractivity contribution in [3.8, 4) is 5.75 Å². The van der Waals surface area contributed by atoms with Crippen LogP contribution in [0.5, 0.6) is 5.75 Å². The summed E-state index contributed by atoms with van der Waals surface area (Å²) in [7, 11) is 1.64. The van der Waals surface area contributed by atoms with Crippen LogP contribution in [0.15, 0.2) is 59.5 Å². The van der Waals surface area contributed by atoms with Crippen LogP contribution in [-0.4, -0.2) is 47.4 Å². The van der Waals surface area contributed by atoms with Gasteiger partial charge in [-0.15, -0.1) is 0 Å². The fourth-order valence-corrected chi connectivity index (χ4v) is 4.46. The minimum Gasteiger partial charge on any atom is -0.497 e. The SMILES string of the molecule is COc1ccc(C2(CNC(=O)c3cnn4c3[nH]c(=O)c3ccccc34)CCOCC2)cc1. The molecule has 1 fully saturated rings. The maximum absolute atomic E-state index is 13.1. The smallest absolute Gasteiger partial charge is 0.259 e.